The van der Waals surface area contributed by atoms with E-state index in [-0.39, 0.29) is 18.9 Å². The van der Waals surface area contributed by atoms with Gasteiger partial charge in [0.15, 0.2) is 0 Å². The third-order valence-corrected chi connectivity index (χ3v) is 7.12. The summed E-state index contributed by atoms with van der Waals surface area (Å²) in [6.07, 6.45) is 0.979. The predicted molar refractivity (Wildman–Crippen MR) is 137 cm³/mol. The SMILES string of the molecule is O=C(O)CC(CCCCNC(=O)OCc1ccccc1)C(=O)N(Cc1cccs1)Cc1cccs1. The van der Waals surface area contributed by atoms with Gasteiger partial charge in [-0.2, -0.15) is 0 Å². The van der Waals surface area contributed by atoms with Crippen molar-refractivity contribution in [1.82, 2.24) is 10.2 Å². The fourth-order valence-corrected chi connectivity index (χ4v) is 5.09. The average Bonchev–Trinajstić information content (AvgIpc) is 3.56. The van der Waals surface area contributed by atoms with Crippen LogP contribution in [0.3, 0.4) is 0 Å². The smallest absolute Gasteiger partial charge is 0.407 e. The van der Waals surface area contributed by atoms with E-state index in [0.717, 1.165) is 15.3 Å². The lowest BCUT2D eigenvalue weighted by Gasteiger charge is -2.26. The minimum absolute atomic E-state index is 0.149. The van der Waals surface area contributed by atoms with Gasteiger partial charge in [-0.3, -0.25) is 9.59 Å². The lowest BCUT2D eigenvalue weighted by Crippen LogP contribution is -2.36. The highest BCUT2D eigenvalue weighted by Gasteiger charge is 2.27. The summed E-state index contributed by atoms with van der Waals surface area (Å²) in [5.41, 5.74) is 0.910. The monoisotopic (exact) mass is 514 g/mol. The maximum absolute atomic E-state index is 13.4. The van der Waals surface area contributed by atoms with Gasteiger partial charge < -0.3 is 20.1 Å². The van der Waals surface area contributed by atoms with Gasteiger partial charge in [0.1, 0.15) is 6.61 Å². The summed E-state index contributed by atoms with van der Waals surface area (Å²) >= 11 is 3.16. The van der Waals surface area contributed by atoms with E-state index >= 15 is 0 Å². The maximum Gasteiger partial charge on any atom is 0.407 e. The summed E-state index contributed by atoms with van der Waals surface area (Å²) in [7, 11) is 0. The number of hydrogen-bond acceptors (Lipinski definition) is 6. The number of carboxylic acids is 1. The van der Waals surface area contributed by atoms with Crippen LogP contribution >= 0.6 is 22.7 Å². The second-order valence-corrected chi connectivity index (χ2v) is 10.2. The fourth-order valence-electron chi connectivity index (χ4n) is 3.66. The molecule has 0 saturated heterocycles. The highest BCUT2D eigenvalue weighted by molar-refractivity contribution is 7.10. The number of hydrogen-bond donors (Lipinski definition) is 2. The first kappa shape index (κ1) is 26.4. The Hall–Kier alpha value is -3.17. The van der Waals surface area contributed by atoms with E-state index in [9.17, 15) is 19.5 Å². The van der Waals surface area contributed by atoms with E-state index in [1.165, 1.54) is 0 Å². The van der Waals surface area contributed by atoms with Gasteiger partial charge in [0.2, 0.25) is 5.91 Å². The molecular formula is C26H30N2O5S2. The third-order valence-electron chi connectivity index (χ3n) is 5.40. The van der Waals surface area contributed by atoms with E-state index in [1.807, 2.05) is 65.4 Å². The molecule has 0 aliphatic heterocycles. The van der Waals surface area contributed by atoms with Crippen LogP contribution in [0, 0.1) is 5.92 Å². The van der Waals surface area contributed by atoms with Crippen molar-refractivity contribution in [1.29, 1.82) is 0 Å². The van der Waals surface area contributed by atoms with Gasteiger partial charge >= 0.3 is 12.1 Å². The number of ether oxygens (including phenoxy) is 1. The molecule has 0 fully saturated rings. The Morgan fingerprint density at radius 3 is 2.14 bits per heavy atom. The molecule has 0 saturated carbocycles. The lowest BCUT2D eigenvalue weighted by atomic mass is 9.96. The topological polar surface area (TPSA) is 95.9 Å². The fraction of sp³-hybridized carbons (Fsp3) is 0.346. The lowest BCUT2D eigenvalue weighted by molar-refractivity contribution is -0.145. The van der Waals surface area contributed by atoms with Gasteiger partial charge in [0, 0.05) is 22.2 Å². The molecule has 2 amide bonds. The summed E-state index contributed by atoms with van der Waals surface area (Å²) in [6.45, 7) is 1.51. The molecule has 2 N–H and O–H groups in total. The molecule has 0 radical (unpaired) electrons. The largest absolute Gasteiger partial charge is 0.481 e. The number of alkyl carbamates (subject to hydrolysis) is 1. The van der Waals surface area contributed by atoms with Gasteiger partial charge in [-0.05, 0) is 41.3 Å². The molecule has 35 heavy (non-hydrogen) atoms. The van der Waals surface area contributed by atoms with Gasteiger partial charge in [-0.15, -0.1) is 22.7 Å². The Bertz CT molecular complexity index is 1000. The number of carboxylic acid groups (broad SMARTS) is 1. The zero-order valence-electron chi connectivity index (χ0n) is 19.4. The van der Waals surface area contributed by atoms with Gasteiger partial charge in [-0.25, -0.2) is 4.79 Å². The Morgan fingerprint density at radius 2 is 1.57 bits per heavy atom. The first-order valence-corrected chi connectivity index (χ1v) is 13.3. The normalized spacial score (nSPS) is 11.5. The van der Waals surface area contributed by atoms with Crippen LogP contribution in [0.1, 0.15) is 41.0 Å². The molecule has 0 spiro atoms. The highest BCUT2D eigenvalue weighted by Crippen LogP contribution is 2.23. The van der Waals surface area contributed by atoms with Crippen molar-refractivity contribution in [2.45, 2.75) is 45.4 Å². The zero-order chi connectivity index (χ0) is 24.9. The molecular weight excluding hydrogens is 484 g/mol. The van der Waals surface area contributed by atoms with Crippen molar-refractivity contribution in [2.75, 3.05) is 6.54 Å². The average molecular weight is 515 g/mol. The summed E-state index contributed by atoms with van der Waals surface area (Å²) in [6, 6.07) is 17.3. The number of thiophene rings is 2. The van der Waals surface area contributed by atoms with Gasteiger partial charge in [-0.1, -0.05) is 48.9 Å². The Labute approximate surface area is 213 Å². The summed E-state index contributed by atoms with van der Waals surface area (Å²) in [5, 5.41) is 16.1. The number of nitrogens with zero attached hydrogens (tertiary/aromatic N) is 1. The first-order valence-electron chi connectivity index (χ1n) is 11.5. The maximum atomic E-state index is 13.4. The molecule has 2 aromatic heterocycles. The molecule has 186 valence electrons. The number of carbonyl (C=O) groups is 3. The molecule has 0 aliphatic carbocycles. The number of nitrogens with one attached hydrogen (secondary N) is 1. The minimum Gasteiger partial charge on any atom is -0.481 e. The standard InChI is InChI=1S/C26H30N2O5S2/c29-24(30)16-21(10-4-5-13-27-26(32)33-19-20-8-2-1-3-9-20)25(31)28(17-22-11-6-14-34-22)18-23-12-7-15-35-23/h1-3,6-9,11-12,14-15,21H,4-5,10,13,16-19H2,(H,27,32)(H,29,30). The predicted octanol–water partition coefficient (Wildman–Crippen LogP) is 5.53. The summed E-state index contributed by atoms with van der Waals surface area (Å²) in [4.78, 5) is 40.7. The quantitative estimate of drug-likeness (QED) is 0.276. The van der Waals surface area contributed by atoms with Crippen molar-refractivity contribution in [3.05, 3.63) is 80.7 Å². The second kappa shape index (κ2) is 14.3. The van der Waals surface area contributed by atoms with Crippen LogP contribution in [0.15, 0.2) is 65.4 Å². The summed E-state index contributed by atoms with van der Waals surface area (Å²) < 4.78 is 5.19. The van der Waals surface area contributed by atoms with Crippen molar-refractivity contribution in [3.8, 4) is 0 Å². The van der Waals surface area contributed by atoms with E-state index in [0.29, 0.717) is 38.9 Å². The molecule has 1 aromatic carbocycles. The van der Waals surface area contributed by atoms with Gasteiger partial charge in [0.05, 0.1) is 19.5 Å². The molecule has 2 heterocycles. The molecule has 1 unspecified atom stereocenters. The van der Waals surface area contributed by atoms with Gasteiger partial charge in [0.25, 0.3) is 0 Å². The molecule has 1 atom stereocenters. The number of benzene rings is 1. The van der Waals surface area contributed by atoms with E-state index < -0.39 is 18.0 Å². The van der Waals surface area contributed by atoms with Crippen LogP contribution in [0.5, 0.6) is 0 Å². The molecule has 7 nitrogen and oxygen atoms in total. The number of carbonyl (C=O) groups excluding carboxylic acids is 2. The Balaban J connectivity index is 1.48. The van der Waals surface area contributed by atoms with Crippen molar-refractivity contribution >= 4 is 40.6 Å². The first-order chi connectivity index (χ1) is 17.0. The molecule has 3 aromatic rings. The number of amides is 2. The third kappa shape index (κ3) is 9.54. The molecule has 9 heteroatoms. The van der Waals surface area contributed by atoms with Crippen LogP contribution in [0.25, 0.3) is 0 Å². The molecule has 0 aliphatic rings. The van der Waals surface area contributed by atoms with Crippen LogP contribution < -0.4 is 5.32 Å². The van der Waals surface area contributed by atoms with Crippen LogP contribution in [0.2, 0.25) is 0 Å². The van der Waals surface area contributed by atoms with Crippen LogP contribution in [-0.2, 0) is 34.0 Å². The summed E-state index contributed by atoms with van der Waals surface area (Å²) in [5.74, 6) is -1.75. The van der Waals surface area contributed by atoms with E-state index in [2.05, 4.69) is 5.32 Å². The number of aliphatic carboxylic acids is 1. The number of unbranched alkanes of at least 4 members (excludes halogenated alkanes) is 1. The molecule has 0 bridgehead atoms. The Kier molecular flexibility index (Phi) is 10.8. The number of rotatable bonds is 14. The van der Waals surface area contributed by atoms with Crippen LogP contribution in [-0.4, -0.2) is 34.5 Å². The van der Waals surface area contributed by atoms with Crippen molar-refractivity contribution < 1.29 is 24.2 Å². The minimum atomic E-state index is -0.988. The zero-order valence-corrected chi connectivity index (χ0v) is 21.1. The van der Waals surface area contributed by atoms with Crippen molar-refractivity contribution in [2.24, 2.45) is 5.92 Å². The van der Waals surface area contributed by atoms with E-state index in [1.54, 1.807) is 27.6 Å². The Morgan fingerprint density at radius 1 is 0.914 bits per heavy atom. The second-order valence-electron chi connectivity index (χ2n) is 8.13. The van der Waals surface area contributed by atoms with Crippen molar-refractivity contribution in [3.63, 3.8) is 0 Å². The highest BCUT2D eigenvalue weighted by atomic mass is 32.1. The van der Waals surface area contributed by atoms with Crippen LogP contribution in [0.4, 0.5) is 4.79 Å². The van der Waals surface area contributed by atoms with E-state index in [4.69, 9.17) is 4.74 Å². The molecule has 3 rings (SSSR count).